The van der Waals surface area contributed by atoms with Gasteiger partial charge in [0.25, 0.3) is 0 Å². The summed E-state index contributed by atoms with van der Waals surface area (Å²) in [4.78, 5) is 11.0. The van der Waals surface area contributed by atoms with Crippen molar-refractivity contribution < 1.29 is 14.3 Å². The number of aldehydes is 1. The van der Waals surface area contributed by atoms with E-state index in [1.54, 1.807) is 24.9 Å². The highest BCUT2D eigenvalue weighted by atomic mass is 35.5. The smallest absolute Gasteiger partial charge is 0.165 e. The summed E-state index contributed by atoms with van der Waals surface area (Å²) in [6.07, 6.45) is 2.82. The average molecular weight is 337 g/mol. The van der Waals surface area contributed by atoms with Crippen molar-refractivity contribution >= 4 is 29.6 Å². The van der Waals surface area contributed by atoms with Gasteiger partial charge in [0.15, 0.2) is 11.5 Å². The highest BCUT2D eigenvalue weighted by Crippen LogP contribution is 2.35. The molecule has 2 rings (SSSR count). The normalized spacial score (nSPS) is 10.3. The van der Waals surface area contributed by atoms with Crippen molar-refractivity contribution in [2.75, 3.05) is 13.4 Å². The number of rotatable bonds is 7. The Labute approximate surface area is 139 Å². The number of thioether (sulfide) groups is 1. The molecule has 2 aromatic carbocycles. The lowest BCUT2D eigenvalue weighted by Gasteiger charge is -2.15. The van der Waals surface area contributed by atoms with Crippen LogP contribution in [-0.2, 0) is 12.4 Å². The summed E-state index contributed by atoms with van der Waals surface area (Å²) in [7, 11) is 1.57. The number of halogens is 1. The maximum Gasteiger partial charge on any atom is 0.165 e. The Bertz CT molecular complexity index is 641. The van der Waals surface area contributed by atoms with Crippen LogP contribution < -0.4 is 9.47 Å². The Morgan fingerprint density at radius 2 is 1.95 bits per heavy atom. The first-order valence-corrected chi connectivity index (χ1v) is 8.47. The van der Waals surface area contributed by atoms with E-state index in [9.17, 15) is 4.79 Å². The predicted molar refractivity (Wildman–Crippen MR) is 91.4 cm³/mol. The predicted octanol–water partition coefficient (Wildman–Crippen LogP) is 4.60. The first-order valence-electron chi connectivity index (χ1n) is 6.70. The van der Waals surface area contributed by atoms with Crippen LogP contribution in [0.2, 0.25) is 5.02 Å². The molecule has 0 bridgehead atoms. The van der Waals surface area contributed by atoms with Gasteiger partial charge in [0, 0.05) is 21.9 Å². The molecule has 2 aromatic rings. The number of ether oxygens (including phenoxy) is 2. The minimum atomic E-state index is 0.412. The second-order valence-electron chi connectivity index (χ2n) is 4.68. The molecule has 0 heterocycles. The Morgan fingerprint density at radius 3 is 2.55 bits per heavy atom. The van der Waals surface area contributed by atoms with Gasteiger partial charge < -0.3 is 9.47 Å². The molecule has 0 aromatic heterocycles. The van der Waals surface area contributed by atoms with Crippen LogP contribution in [0, 0.1) is 0 Å². The molecule has 0 aliphatic carbocycles. The number of carbonyl (C=O) groups excluding carboxylic acids is 1. The van der Waals surface area contributed by atoms with E-state index >= 15 is 0 Å². The molecular weight excluding hydrogens is 320 g/mol. The van der Waals surface area contributed by atoms with Crippen molar-refractivity contribution in [3.63, 3.8) is 0 Å². The summed E-state index contributed by atoms with van der Waals surface area (Å²) in [5.41, 5.74) is 2.55. The van der Waals surface area contributed by atoms with Crippen LogP contribution in [0.25, 0.3) is 0 Å². The van der Waals surface area contributed by atoms with Gasteiger partial charge in [-0.25, -0.2) is 0 Å². The molecular formula is C17H17ClO3S. The van der Waals surface area contributed by atoms with Crippen molar-refractivity contribution in [3.8, 4) is 11.5 Å². The zero-order chi connectivity index (χ0) is 15.9. The molecule has 3 nitrogen and oxygen atoms in total. The highest BCUT2D eigenvalue weighted by Gasteiger charge is 2.13. The molecule has 0 amide bonds. The first kappa shape index (κ1) is 16.7. The molecule has 0 unspecified atom stereocenters. The summed E-state index contributed by atoms with van der Waals surface area (Å²) in [6.45, 7) is 0.412. The summed E-state index contributed by atoms with van der Waals surface area (Å²) in [6, 6.07) is 11.0. The largest absolute Gasteiger partial charge is 0.493 e. The van der Waals surface area contributed by atoms with Crippen molar-refractivity contribution in [2.24, 2.45) is 0 Å². The highest BCUT2D eigenvalue weighted by molar-refractivity contribution is 7.97. The van der Waals surface area contributed by atoms with Crippen molar-refractivity contribution in [1.82, 2.24) is 0 Å². The fourth-order valence-corrected chi connectivity index (χ4v) is 2.72. The summed E-state index contributed by atoms with van der Waals surface area (Å²) in [5, 5.41) is 0.694. The molecule has 22 heavy (non-hydrogen) atoms. The van der Waals surface area contributed by atoms with Gasteiger partial charge in [-0.05, 0) is 36.1 Å². The lowest BCUT2D eigenvalue weighted by Crippen LogP contribution is -2.02. The Balaban J connectivity index is 2.27. The number of benzene rings is 2. The minimum absolute atomic E-state index is 0.412. The summed E-state index contributed by atoms with van der Waals surface area (Å²) < 4.78 is 11.3. The zero-order valence-corrected chi connectivity index (χ0v) is 14.0. The van der Waals surface area contributed by atoms with Gasteiger partial charge in [-0.2, -0.15) is 11.8 Å². The van der Waals surface area contributed by atoms with Crippen LogP contribution in [0.4, 0.5) is 0 Å². The van der Waals surface area contributed by atoms with Gasteiger partial charge in [-0.3, -0.25) is 4.79 Å². The Hall–Kier alpha value is -1.65. The lowest BCUT2D eigenvalue weighted by molar-refractivity contribution is 0.112. The van der Waals surface area contributed by atoms with Gasteiger partial charge in [-0.1, -0.05) is 23.7 Å². The molecule has 0 spiro atoms. The Morgan fingerprint density at radius 1 is 1.23 bits per heavy atom. The fraction of sp³-hybridized carbons (Fsp3) is 0.235. The van der Waals surface area contributed by atoms with Crippen LogP contribution >= 0.6 is 23.4 Å². The third-order valence-corrected chi connectivity index (χ3v) is 3.96. The zero-order valence-electron chi connectivity index (χ0n) is 12.5. The van der Waals surface area contributed by atoms with Crippen molar-refractivity contribution in [1.29, 1.82) is 0 Å². The molecule has 0 fully saturated rings. The van der Waals surface area contributed by atoms with Gasteiger partial charge >= 0.3 is 0 Å². The fourth-order valence-electron chi connectivity index (χ4n) is 2.07. The van der Waals surface area contributed by atoms with E-state index in [2.05, 4.69) is 0 Å². The van der Waals surface area contributed by atoms with Gasteiger partial charge in [0.1, 0.15) is 12.9 Å². The maximum absolute atomic E-state index is 11.0. The van der Waals surface area contributed by atoms with E-state index in [0.717, 1.165) is 23.2 Å². The van der Waals surface area contributed by atoms with Crippen molar-refractivity contribution in [2.45, 2.75) is 12.4 Å². The quantitative estimate of drug-likeness (QED) is 0.692. The van der Waals surface area contributed by atoms with E-state index in [4.69, 9.17) is 21.1 Å². The molecule has 0 saturated carbocycles. The van der Waals surface area contributed by atoms with Gasteiger partial charge in [-0.15, -0.1) is 0 Å². The van der Waals surface area contributed by atoms with E-state index in [1.807, 2.05) is 36.6 Å². The molecule has 5 heteroatoms. The third kappa shape index (κ3) is 4.18. The molecule has 0 N–H and O–H groups in total. The van der Waals surface area contributed by atoms with Crippen LogP contribution in [0.3, 0.4) is 0 Å². The number of carbonyl (C=O) groups is 1. The molecule has 0 atom stereocenters. The van der Waals surface area contributed by atoms with Crippen LogP contribution in [0.1, 0.15) is 21.5 Å². The first-order chi connectivity index (χ1) is 10.7. The molecule has 0 aliphatic heterocycles. The maximum atomic E-state index is 11.0. The van der Waals surface area contributed by atoms with Crippen LogP contribution in [-0.4, -0.2) is 19.7 Å². The number of hydrogen-bond acceptors (Lipinski definition) is 4. The van der Waals surface area contributed by atoms with Crippen LogP contribution in [0.15, 0.2) is 36.4 Å². The van der Waals surface area contributed by atoms with E-state index in [1.165, 1.54) is 0 Å². The molecule has 0 radical (unpaired) electrons. The standard InChI is InChI=1S/C17H17ClO3S/c1-20-16-8-13(9-19)7-14(11-22-2)17(16)21-10-12-3-5-15(18)6-4-12/h3-9H,10-11H2,1-2H3. The van der Waals surface area contributed by atoms with E-state index in [0.29, 0.717) is 28.7 Å². The molecule has 0 aliphatic rings. The second-order valence-corrected chi connectivity index (χ2v) is 5.98. The van der Waals surface area contributed by atoms with Crippen molar-refractivity contribution in [3.05, 3.63) is 58.1 Å². The summed E-state index contributed by atoms with van der Waals surface area (Å²) >= 11 is 7.54. The van der Waals surface area contributed by atoms with Crippen LogP contribution in [0.5, 0.6) is 11.5 Å². The lowest BCUT2D eigenvalue weighted by atomic mass is 10.1. The monoisotopic (exact) mass is 336 g/mol. The van der Waals surface area contributed by atoms with E-state index in [-0.39, 0.29) is 0 Å². The third-order valence-electron chi connectivity index (χ3n) is 3.11. The minimum Gasteiger partial charge on any atom is -0.493 e. The topological polar surface area (TPSA) is 35.5 Å². The SMILES string of the molecule is COc1cc(C=O)cc(CSC)c1OCc1ccc(Cl)cc1. The molecule has 116 valence electrons. The van der Waals surface area contributed by atoms with Gasteiger partial charge in [0.2, 0.25) is 0 Å². The number of methoxy groups -OCH3 is 1. The second kappa shape index (κ2) is 8.11. The average Bonchev–Trinajstić information content (AvgIpc) is 2.54. The summed E-state index contributed by atoms with van der Waals surface area (Å²) in [5.74, 6) is 1.99. The van der Waals surface area contributed by atoms with E-state index < -0.39 is 0 Å². The number of hydrogen-bond donors (Lipinski definition) is 0. The van der Waals surface area contributed by atoms with Gasteiger partial charge in [0.05, 0.1) is 7.11 Å². The molecule has 0 saturated heterocycles. The Kier molecular flexibility index (Phi) is 6.16.